The third-order valence-corrected chi connectivity index (χ3v) is 3.67. The summed E-state index contributed by atoms with van der Waals surface area (Å²) in [5.41, 5.74) is 6.87. The van der Waals surface area contributed by atoms with Gasteiger partial charge in [0.25, 0.3) is 0 Å². The van der Waals surface area contributed by atoms with Crippen LogP contribution >= 0.6 is 0 Å². The minimum absolute atomic E-state index is 0.148. The normalized spacial score (nSPS) is 16.9. The summed E-state index contributed by atoms with van der Waals surface area (Å²) < 4.78 is 10.6. The van der Waals surface area contributed by atoms with Gasteiger partial charge in [0.1, 0.15) is 5.75 Å². The fraction of sp³-hybridized carbons (Fsp3) is 0.429. The van der Waals surface area contributed by atoms with Crippen LogP contribution in [-0.4, -0.2) is 22.8 Å². The SMILES string of the molecule is COc1ccccc1-c1noc(CC2(N)CCC2)n1. The lowest BCUT2D eigenvalue weighted by Gasteiger charge is -2.36. The Kier molecular flexibility index (Phi) is 2.98. The smallest absolute Gasteiger partial charge is 0.228 e. The van der Waals surface area contributed by atoms with Crippen LogP contribution in [0.15, 0.2) is 28.8 Å². The van der Waals surface area contributed by atoms with Crippen LogP contribution in [0.3, 0.4) is 0 Å². The van der Waals surface area contributed by atoms with Gasteiger partial charge < -0.3 is 15.0 Å². The van der Waals surface area contributed by atoms with Crippen LogP contribution in [0, 0.1) is 0 Å². The van der Waals surface area contributed by atoms with Crippen LogP contribution in [0.25, 0.3) is 11.4 Å². The fourth-order valence-corrected chi connectivity index (χ4v) is 2.37. The van der Waals surface area contributed by atoms with Crippen molar-refractivity contribution >= 4 is 0 Å². The van der Waals surface area contributed by atoms with Gasteiger partial charge in [0.15, 0.2) is 0 Å². The molecule has 1 heterocycles. The highest BCUT2D eigenvalue weighted by atomic mass is 16.5. The molecule has 1 aromatic carbocycles. The van der Waals surface area contributed by atoms with Gasteiger partial charge in [-0.2, -0.15) is 4.98 Å². The summed E-state index contributed by atoms with van der Waals surface area (Å²) in [4.78, 5) is 4.42. The highest BCUT2D eigenvalue weighted by Crippen LogP contribution is 2.33. The first kappa shape index (κ1) is 12.2. The lowest BCUT2D eigenvalue weighted by molar-refractivity contribution is 0.222. The Bertz CT molecular complexity index is 576. The van der Waals surface area contributed by atoms with Crippen molar-refractivity contribution < 1.29 is 9.26 Å². The molecule has 1 aromatic heterocycles. The number of nitrogens with two attached hydrogens (primary N) is 1. The Morgan fingerprint density at radius 2 is 2.16 bits per heavy atom. The first-order valence-electron chi connectivity index (χ1n) is 6.45. The monoisotopic (exact) mass is 259 g/mol. The van der Waals surface area contributed by atoms with Crippen LogP contribution < -0.4 is 10.5 Å². The van der Waals surface area contributed by atoms with Gasteiger partial charge in [-0.1, -0.05) is 17.3 Å². The molecule has 100 valence electrons. The van der Waals surface area contributed by atoms with Gasteiger partial charge in [-0.15, -0.1) is 0 Å². The highest BCUT2D eigenvalue weighted by Gasteiger charge is 2.34. The van der Waals surface area contributed by atoms with E-state index in [1.54, 1.807) is 7.11 Å². The molecular formula is C14H17N3O2. The maximum absolute atomic E-state index is 6.19. The number of hydrogen-bond acceptors (Lipinski definition) is 5. The Balaban J connectivity index is 1.84. The zero-order valence-corrected chi connectivity index (χ0v) is 10.9. The van der Waals surface area contributed by atoms with Gasteiger partial charge in [-0.3, -0.25) is 0 Å². The molecule has 1 aliphatic rings. The summed E-state index contributed by atoms with van der Waals surface area (Å²) in [5.74, 6) is 1.89. The van der Waals surface area contributed by atoms with E-state index >= 15 is 0 Å². The van der Waals surface area contributed by atoms with Gasteiger partial charge in [-0.05, 0) is 31.4 Å². The maximum Gasteiger partial charge on any atom is 0.228 e. The molecule has 0 spiro atoms. The van der Waals surface area contributed by atoms with Crippen molar-refractivity contribution in [3.8, 4) is 17.1 Å². The predicted molar refractivity (Wildman–Crippen MR) is 70.8 cm³/mol. The second-order valence-corrected chi connectivity index (χ2v) is 5.10. The van der Waals surface area contributed by atoms with E-state index in [9.17, 15) is 0 Å². The minimum atomic E-state index is -0.148. The van der Waals surface area contributed by atoms with Gasteiger partial charge in [0, 0.05) is 12.0 Å². The van der Waals surface area contributed by atoms with E-state index in [1.165, 1.54) is 6.42 Å². The quantitative estimate of drug-likeness (QED) is 0.910. The number of hydrogen-bond donors (Lipinski definition) is 1. The standard InChI is InChI=1S/C14H17N3O2/c1-18-11-6-3-2-5-10(11)13-16-12(19-17-13)9-14(15)7-4-8-14/h2-3,5-6H,4,7-9,15H2,1H3. The maximum atomic E-state index is 6.19. The van der Waals surface area contributed by atoms with Gasteiger partial charge in [0.05, 0.1) is 12.7 Å². The molecule has 0 unspecified atom stereocenters. The Hall–Kier alpha value is -1.88. The lowest BCUT2D eigenvalue weighted by Crippen LogP contribution is -2.48. The van der Waals surface area contributed by atoms with Crippen molar-refractivity contribution in [2.75, 3.05) is 7.11 Å². The van der Waals surface area contributed by atoms with Gasteiger partial charge >= 0.3 is 0 Å². The third-order valence-electron chi connectivity index (χ3n) is 3.67. The van der Waals surface area contributed by atoms with Crippen molar-refractivity contribution in [2.24, 2.45) is 5.73 Å². The molecule has 3 rings (SSSR count). The van der Waals surface area contributed by atoms with Crippen LogP contribution in [-0.2, 0) is 6.42 Å². The molecule has 0 atom stereocenters. The minimum Gasteiger partial charge on any atom is -0.496 e. The van der Waals surface area contributed by atoms with E-state index in [4.69, 9.17) is 15.0 Å². The first-order valence-corrected chi connectivity index (χ1v) is 6.45. The number of nitrogens with zero attached hydrogens (tertiary/aromatic N) is 2. The zero-order chi connectivity index (χ0) is 13.3. The molecule has 19 heavy (non-hydrogen) atoms. The summed E-state index contributed by atoms with van der Waals surface area (Å²) in [7, 11) is 1.63. The zero-order valence-electron chi connectivity index (χ0n) is 10.9. The topological polar surface area (TPSA) is 74.2 Å². The van der Waals surface area contributed by atoms with Gasteiger partial charge in [-0.25, -0.2) is 0 Å². The Morgan fingerprint density at radius 1 is 1.37 bits per heavy atom. The molecule has 1 aliphatic carbocycles. The average molecular weight is 259 g/mol. The van der Waals surface area contributed by atoms with E-state index in [-0.39, 0.29) is 5.54 Å². The van der Waals surface area contributed by atoms with Crippen LogP contribution in [0.2, 0.25) is 0 Å². The molecule has 0 bridgehead atoms. The largest absolute Gasteiger partial charge is 0.496 e. The number of para-hydroxylation sites is 1. The van der Waals surface area contributed by atoms with Crippen molar-refractivity contribution in [1.29, 1.82) is 0 Å². The second kappa shape index (κ2) is 4.66. The fourth-order valence-electron chi connectivity index (χ4n) is 2.37. The molecule has 1 saturated carbocycles. The Morgan fingerprint density at radius 3 is 2.84 bits per heavy atom. The van der Waals surface area contributed by atoms with Crippen LogP contribution in [0.5, 0.6) is 5.75 Å². The van der Waals surface area contributed by atoms with Crippen molar-refractivity contribution in [1.82, 2.24) is 10.1 Å². The Labute approximate surface area is 111 Å². The summed E-state index contributed by atoms with van der Waals surface area (Å²) in [6, 6.07) is 7.62. The van der Waals surface area contributed by atoms with E-state index < -0.39 is 0 Å². The molecule has 0 amide bonds. The number of benzene rings is 1. The summed E-state index contributed by atoms with van der Waals surface area (Å²) >= 11 is 0. The highest BCUT2D eigenvalue weighted by molar-refractivity contribution is 5.63. The summed E-state index contributed by atoms with van der Waals surface area (Å²) in [6.07, 6.45) is 3.89. The van der Waals surface area contributed by atoms with E-state index in [2.05, 4.69) is 10.1 Å². The average Bonchev–Trinajstić information content (AvgIpc) is 2.85. The molecule has 2 aromatic rings. The predicted octanol–water partition coefficient (Wildman–Crippen LogP) is 2.17. The number of ether oxygens (including phenoxy) is 1. The van der Waals surface area contributed by atoms with Crippen LogP contribution in [0.1, 0.15) is 25.2 Å². The van der Waals surface area contributed by atoms with Crippen LogP contribution in [0.4, 0.5) is 0 Å². The number of aromatic nitrogens is 2. The van der Waals surface area contributed by atoms with E-state index in [1.807, 2.05) is 24.3 Å². The molecule has 2 N–H and O–H groups in total. The van der Waals surface area contributed by atoms with Crippen molar-refractivity contribution in [3.05, 3.63) is 30.2 Å². The molecule has 1 fully saturated rings. The number of rotatable bonds is 4. The first-order chi connectivity index (χ1) is 9.20. The van der Waals surface area contributed by atoms with E-state index in [0.29, 0.717) is 18.1 Å². The lowest BCUT2D eigenvalue weighted by atomic mass is 9.75. The second-order valence-electron chi connectivity index (χ2n) is 5.10. The summed E-state index contributed by atoms with van der Waals surface area (Å²) in [5, 5.41) is 4.02. The summed E-state index contributed by atoms with van der Waals surface area (Å²) in [6.45, 7) is 0. The van der Waals surface area contributed by atoms with Crippen molar-refractivity contribution in [2.45, 2.75) is 31.2 Å². The van der Waals surface area contributed by atoms with E-state index in [0.717, 1.165) is 24.2 Å². The third kappa shape index (κ3) is 2.33. The molecular weight excluding hydrogens is 242 g/mol. The van der Waals surface area contributed by atoms with Gasteiger partial charge in [0.2, 0.25) is 11.7 Å². The molecule has 0 aliphatic heterocycles. The molecule has 5 heteroatoms. The number of methoxy groups -OCH3 is 1. The molecule has 0 saturated heterocycles. The van der Waals surface area contributed by atoms with Crippen molar-refractivity contribution in [3.63, 3.8) is 0 Å². The molecule has 0 radical (unpaired) electrons. The molecule has 5 nitrogen and oxygen atoms in total.